The lowest BCUT2D eigenvalue weighted by atomic mass is 10.0. The van der Waals surface area contributed by atoms with E-state index >= 15 is 0 Å². The number of H-pyrrole nitrogens is 1. The highest BCUT2D eigenvalue weighted by Gasteiger charge is 2.11. The van der Waals surface area contributed by atoms with Crippen molar-refractivity contribution in [1.29, 1.82) is 0 Å². The highest BCUT2D eigenvalue weighted by molar-refractivity contribution is 9.10. The van der Waals surface area contributed by atoms with E-state index in [1.807, 2.05) is 24.3 Å². The number of benzene rings is 2. The number of nitrogens with zero attached hydrogens (tertiary/aromatic N) is 1. The van der Waals surface area contributed by atoms with Crippen molar-refractivity contribution < 1.29 is 9.50 Å². The molecule has 8 heteroatoms. The Labute approximate surface area is 182 Å². The van der Waals surface area contributed by atoms with Gasteiger partial charge in [0.25, 0.3) is 0 Å². The normalized spacial score (nSPS) is 12.3. The second-order valence-electron chi connectivity index (χ2n) is 6.47. The molecule has 0 saturated heterocycles. The molecule has 0 aliphatic rings. The minimum Gasteiger partial charge on any atom is -0.393 e. The van der Waals surface area contributed by atoms with E-state index in [9.17, 15) is 9.50 Å². The van der Waals surface area contributed by atoms with Gasteiger partial charge in [-0.25, -0.2) is 9.37 Å². The molecule has 0 fully saturated rings. The van der Waals surface area contributed by atoms with Crippen LogP contribution in [0.1, 0.15) is 18.4 Å². The molecule has 1 atom stereocenters. The van der Waals surface area contributed by atoms with E-state index in [0.29, 0.717) is 41.1 Å². The highest BCUT2D eigenvalue weighted by atomic mass is 79.9. The molecule has 3 rings (SSSR count). The summed E-state index contributed by atoms with van der Waals surface area (Å²) in [6.07, 6.45) is 3.17. The van der Waals surface area contributed by atoms with Crippen LogP contribution in [0.2, 0.25) is 5.02 Å². The minimum atomic E-state index is -0.415. The van der Waals surface area contributed by atoms with E-state index in [-0.39, 0.29) is 5.82 Å². The Kier molecular flexibility index (Phi) is 7.54. The van der Waals surface area contributed by atoms with Gasteiger partial charge in [0.2, 0.25) is 0 Å². The maximum Gasteiger partial charge on any atom is 0.138 e. The molecule has 1 unspecified atom stereocenters. The van der Waals surface area contributed by atoms with Crippen molar-refractivity contribution in [3.8, 4) is 22.6 Å². The van der Waals surface area contributed by atoms with Gasteiger partial charge in [-0.3, -0.25) is 4.72 Å². The van der Waals surface area contributed by atoms with Gasteiger partial charge in [-0.2, -0.15) is 0 Å². The molecular formula is C20H20BrClFN3OS. The Hall–Kier alpha value is -1.38. The molecule has 3 aromatic rings. The monoisotopic (exact) mass is 483 g/mol. The number of halogens is 3. The van der Waals surface area contributed by atoms with Gasteiger partial charge in [0, 0.05) is 22.7 Å². The van der Waals surface area contributed by atoms with Crippen LogP contribution in [0.4, 0.5) is 4.39 Å². The predicted octanol–water partition coefficient (Wildman–Crippen LogP) is 5.42. The summed E-state index contributed by atoms with van der Waals surface area (Å²) in [7, 11) is 0. The Balaban J connectivity index is 1.77. The van der Waals surface area contributed by atoms with Gasteiger partial charge >= 0.3 is 0 Å². The first kappa shape index (κ1) is 21.3. The maximum atomic E-state index is 13.8. The average Bonchev–Trinajstić information content (AvgIpc) is 3.18. The molecule has 28 heavy (non-hydrogen) atoms. The van der Waals surface area contributed by atoms with Crippen LogP contribution in [-0.4, -0.2) is 27.7 Å². The van der Waals surface area contributed by atoms with E-state index in [1.165, 1.54) is 6.07 Å². The number of hydrogen-bond acceptors (Lipinski definition) is 4. The zero-order chi connectivity index (χ0) is 20.1. The number of aromatic amines is 1. The van der Waals surface area contributed by atoms with Gasteiger partial charge in [0.15, 0.2) is 0 Å². The van der Waals surface area contributed by atoms with Gasteiger partial charge in [-0.05, 0) is 71.1 Å². The molecule has 0 spiro atoms. The summed E-state index contributed by atoms with van der Waals surface area (Å²) < 4.78 is 16.9. The van der Waals surface area contributed by atoms with Crippen LogP contribution in [0.3, 0.4) is 0 Å². The zero-order valence-electron chi connectivity index (χ0n) is 14.9. The number of aliphatic hydroxyl groups excluding tert-OH is 1. The fourth-order valence-corrected chi connectivity index (χ4v) is 3.48. The summed E-state index contributed by atoms with van der Waals surface area (Å²) in [6, 6.07) is 10.6. The highest BCUT2D eigenvalue weighted by Crippen LogP contribution is 2.28. The standard InChI is InChI=1S/C20H20BrClFN3OS/c21-16-5-2-13(10-18(16)23)19-11-24-20(26-19)14-3-6-17(22)12(9-14)1-4-15(27)7-8-25-28/h2-3,5-6,9-11,15,25,27-28H,1,4,7-8H2,(H,24,26). The molecular weight excluding hydrogens is 465 g/mol. The van der Waals surface area contributed by atoms with Crippen molar-refractivity contribution in [2.45, 2.75) is 25.4 Å². The lowest BCUT2D eigenvalue weighted by Crippen LogP contribution is -2.14. The van der Waals surface area contributed by atoms with Crippen LogP contribution < -0.4 is 4.72 Å². The Morgan fingerprint density at radius 1 is 1.21 bits per heavy atom. The van der Waals surface area contributed by atoms with Crippen LogP contribution >= 0.6 is 40.3 Å². The lowest BCUT2D eigenvalue weighted by molar-refractivity contribution is 0.156. The molecule has 0 radical (unpaired) electrons. The summed E-state index contributed by atoms with van der Waals surface area (Å²) in [6.45, 7) is 0.643. The topological polar surface area (TPSA) is 60.9 Å². The van der Waals surface area contributed by atoms with Gasteiger partial charge in [-0.15, -0.1) is 0 Å². The number of imidazole rings is 1. The van der Waals surface area contributed by atoms with Crippen LogP contribution in [-0.2, 0) is 6.42 Å². The second kappa shape index (κ2) is 9.89. The van der Waals surface area contributed by atoms with Gasteiger partial charge in [-0.1, -0.05) is 30.5 Å². The number of aliphatic hydroxyl groups is 1. The Morgan fingerprint density at radius 2 is 2.00 bits per heavy atom. The van der Waals surface area contributed by atoms with Crippen molar-refractivity contribution >= 4 is 40.3 Å². The SMILES string of the molecule is OC(CCNS)CCc1cc(-c2ncc(-c3ccc(Br)c(F)c3)[nH]2)ccc1Cl. The summed E-state index contributed by atoms with van der Waals surface area (Å²) in [5.74, 6) is 0.352. The largest absolute Gasteiger partial charge is 0.393 e. The Morgan fingerprint density at radius 3 is 2.75 bits per heavy atom. The quantitative estimate of drug-likeness (QED) is 0.323. The van der Waals surface area contributed by atoms with Gasteiger partial charge in [0.1, 0.15) is 11.6 Å². The zero-order valence-corrected chi connectivity index (χ0v) is 18.2. The first-order valence-electron chi connectivity index (χ1n) is 8.82. The first-order valence-corrected chi connectivity index (χ1v) is 10.4. The third-order valence-electron chi connectivity index (χ3n) is 4.46. The molecule has 0 bridgehead atoms. The molecule has 3 N–H and O–H groups in total. The van der Waals surface area contributed by atoms with Gasteiger partial charge < -0.3 is 10.1 Å². The smallest absolute Gasteiger partial charge is 0.138 e. The van der Waals surface area contributed by atoms with E-state index < -0.39 is 6.10 Å². The number of aromatic nitrogens is 2. The number of aryl methyl sites for hydroxylation is 1. The molecule has 0 aliphatic carbocycles. The van der Waals surface area contributed by atoms with E-state index in [1.54, 1.807) is 12.3 Å². The number of hydrogen-bond donors (Lipinski definition) is 4. The third-order valence-corrected chi connectivity index (χ3v) is 5.70. The predicted molar refractivity (Wildman–Crippen MR) is 118 cm³/mol. The first-order chi connectivity index (χ1) is 13.5. The van der Waals surface area contributed by atoms with Crippen LogP contribution in [0.15, 0.2) is 47.1 Å². The average molecular weight is 485 g/mol. The lowest BCUT2D eigenvalue weighted by Gasteiger charge is -2.11. The third kappa shape index (κ3) is 5.36. The molecule has 1 aromatic heterocycles. The van der Waals surface area contributed by atoms with Crippen LogP contribution in [0.5, 0.6) is 0 Å². The number of rotatable bonds is 8. The maximum absolute atomic E-state index is 13.8. The molecule has 1 heterocycles. The van der Waals surface area contributed by atoms with Crippen molar-refractivity contribution in [3.05, 3.63) is 63.5 Å². The van der Waals surface area contributed by atoms with Crippen LogP contribution in [0, 0.1) is 5.82 Å². The number of nitrogens with one attached hydrogen (secondary N) is 2. The summed E-state index contributed by atoms with van der Waals surface area (Å²) >= 11 is 13.4. The number of thiol groups is 1. The minimum absolute atomic E-state index is 0.325. The summed E-state index contributed by atoms with van der Waals surface area (Å²) in [5.41, 5.74) is 3.28. The van der Waals surface area contributed by atoms with Crippen molar-refractivity contribution in [2.24, 2.45) is 0 Å². The fraction of sp³-hybridized carbons (Fsp3) is 0.250. The van der Waals surface area contributed by atoms with E-state index in [0.717, 1.165) is 22.4 Å². The summed E-state index contributed by atoms with van der Waals surface area (Å²) in [5, 5.41) is 10.7. The fourth-order valence-electron chi connectivity index (χ4n) is 2.89. The van der Waals surface area contributed by atoms with Crippen molar-refractivity contribution in [2.75, 3.05) is 6.54 Å². The van der Waals surface area contributed by atoms with E-state index in [4.69, 9.17) is 11.6 Å². The van der Waals surface area contributed by atoms with Gasteiger partial charge in [0.05, 0.1) is 22.5 Å². The molecule has 148 valence electrons. The molecule has 0 aliphatic heterocycles. The molecule has 0 amide bonds. The molecule has 2 aromatic carbocycles. The molecule has 0 saturated carbocycles. The molecule has 4 nitrogen and oxygen atoms in total. The van der Waals surface area contributed by atoms with Crippen LogP contribution in [0.25, 0.3) is 22.6 Å². The van der Waals surface area contributed by atoms with E-state index in [2.05, 4.69) is 43.4 Å². The Bertz CT molecular complexity index is 953. The van der Waals surface area contributed by atoms with Crippen molar-refractivity contribution in [3.63, 3.8) is 0 Å². The van der Waals surface area contributed by atoms with Crippen molar-refractivity contribution in [1.82, 2.24) is 14.7 Å². The second-order valence-corrected chi connectivity index (χ2v) is 8.05. The summed E-state index contributed by atoms with van der Waals surface area (Å²) in [4.78, 5) is 7.65.